The summed E-state index contributed by atoms with van der Waals surface area (Å²) in [5.74, 6) is 1.22. The lowest BCUT2D eigenvalue weighted by molar-refractivity contribution is -0.124. The number of amides is 2. The maximum absolute atomic E-state index is 12.6. The summed E-state index contributed by atoms with van der Waals surface area (Å²) in [5, 5.41) is 5.83. The van der Waals surface area contributed by atoms with Crippen molar-refractivity contribution in [3.63, 3.8) is 0 Å². The van der Waals surface area contributed by atoms with E-state index in [4.69, 9.17) is 4.74 Å². The largest absolute Gasteiger partial charge is 0.457 e. The van der Waals surface area contributed by atoms with Crippen LogP contribution in [0.1, 0.15) is 30.1 Å². The highest BCUT2D eigenvalue weighted by Gasteiger charge is 2.24. The summed E-state index contributed by atoms with van der Waals surface area (Å²) in [6, 6.07) is 16.7. The van der Waals surface area contributed by atoms with Gasteiger partial charge < -0.3 is 15.4 Å². The normalized spacial score (nSPS) is 19.8. The fraction of sp³-hybridized carbons (Fsp3) is 0.300. The monoisotopic (exact) mass is 338 g/mol. The van der Waals surface area contributed by atoms with Gasteiger partial charge in [0.1, 0.15) is 11.5 Å². The van der Waals surface area contributed by atoms with Gasteiger partial charge in [0.15, 0.2) is 0 Å². The number of carbonyl (C=O) groups is 2. The van der Waals surface area contributed by atoms with E-state index in [1.165, 1.54) is 0 Å². The summed E-state index contributed by atoms with van der Waals surface area (Å²) in [4.78, 5) is 24.2. The summed E-state index contributed by atoms with van der Waals surface area (Å²) < 4.78 is 5.83. The molecule has 1 heterocycles. The number of carbonyl (C=O) groups excluding carboxylic acids is 2. The Bertz CT molecular complexity index is 746. The Kier molecular flexibility index (Phi) is 5.33. The molecule has 1 aliphatic rings. The number of para-hydroxylation sites is 2. The minimum Gasteiger partial charge on any atom is -0.457 e. The molecule has 2 N–H and O–H groups in total. The maximum Gasteiger partial charge on any atom is 0.255 e. The molecule has 0 bridgehead atoms. The Morgan fingerprint density at radius 2 is 1.88 bits per heavy atom. The van der Waals surface area contributed by atoms with Gasteiger partial charge in [-0.3, -0.25) is 9.59 Å². The van der Waals surface area contributed by atoms with Crippen molar-refractivity contribution in [1.82, 2.24) is 10.6 Å². The quantitative estimate of drug-likeness (QED) is 0.880. The molecule has 0 radical (unpaired) electrons. The van der Waals surface area contributed by atoms with Gasteiger partial charge in [0, 0.05) is 19.0 Å². The molecule has 0 spiro atoms. The highest BCUT2D eigenvalue weighted by atomic mass is 16.5. The number of rotatable bonds is 5. The third-order valence-electron chi connectivity index (χ3n) is 4.22. The van der Waals surface area contributed by atoms with E-state index in [0.29, 0.717) is 30.0 Å². The van der Waals surface area contributed by atoms with E-state index >= 15 is 0 Å². The standard InChI is InChI=1S/C20H22N2O3/c1-14-11-15(12-19(23)22-14)13-21-20(24)17-9-5-6-10-18(17)25-16-7-3-2-4-8-16/h2-10,14-15H,11-13H2,1H3,(H,21,24)(H,22,23). The Labute approximate surface area is 147 Å². The molecule has 2 aromatic rings. The topological polar surface area (TPSA) is 67.4 Å². The number of nitrogens with one attached hydrogen (secondary N) is 2. The van der Waals surface area contributed by atoms with Crippen molar-refractivity contribution in [3.8, 4) is 11.5 Å². The fourth-order valence-corrected chi connectivity index (χ4v) is 3.08. The first-order valence-corrected chi connectivity index (χ1v) is 8.51. The molecule has 1 fully saturated rings. The van der Waals surface area contributed by atoms with E-state index in [1.807, 2.05) is 49.4 Å². The van der Waals surface area contributed by atoms with Crippen LogP contribution in [0.4, 0.5) is 0 Å². The predicted molar refractivity (Wildman–Crippen MR) is 95.6 cm³/mol. The molecular weight excluding hydrogens is 316 g/mol. The first kappa shape index (κ1) is 17.0. The highest BCUT2D eigenvalue weighted by molar-refractivity contribution is 5.97. The average Bonchev–Trinajstić information content (AvgIpc) is 2.60. The van der Waals surface area contributed by atoms with E-state index in [9.17, 15) is 9.59 Å². The van der Waals surface area contributed by atoms with Gasteiger partial charge in [-0.2, -0.15) is 0 Å². The van der Waals surface area contributed by atoms with Crippen LogP contribution < -0.4 is 15.4 Å². The zero-order valence-electron chi connectivity index (χ0n) is 14.2. The maximum atomic E-state index is 12.6. The third kappa shape index (κ3) is 4.59. The van der Waals surface area contributed by atoms with Gasteiger partial charge in [-0.05, 0) is 43.5 Å². The van der Waals surface area contributed by atoms with Crippen LogP contribution in [0.15, 0.2) is 54.6 Å². The van der Waals surface area contributed by atoms with Crippen LogP contribution in [-0.2, 0) is 4.79 Å². The lowest BCUT2D eigenvalue weighted by atomic mass is 9.92. The molecule has 2 unspecified atom stereocenters. The second-order valence-electron chi connectivity index (χ2n) is 6.40. The number of ether oxygens (including phenoxy) is 1. The third-order valence-corrected chi connectivity index (χ3v) is 4.22. The number of benzene rings is 2. The number of hydrogen-bond donors (Lipinski definition) is 2. The number of hydrogen-bond acceptors (Lipinski definition) is 3. The van der Waals surface area contributed by atoms with Crippen molar-refractivity contribution in [3.05, 3.63) is 60.2 Å². The number of piperidine rings is 1. The first-order valence-electron chi connectivity index (χ1n) is 8.51. The molecule has 0 aromatic heterocycles. The van der Waals surface area contributed by atoms with Gasteiger partial charge in [-0.1, -0.05) is 30.3 Å². The Balaban J connectivity index is 1.65. The summed E-state index contributed by atoms with van der Waals surface area (Å²) >= 11 is 0. The van der Waals surface area contributed by atoms with Gasteiger partial charge in [0.05, 0.1) is 5.56 Å². The van der Waals surface area contributed by atoms with Crippen molar-refractivity contribution in [1.29, 1.82) is 0 Å². The molecule has 2 amide bonds. The molecule has 1 aliphatic heterocycles. The highest BCUT2D eigenvalue weighted by Crippen LogP contribution is 2.25. The van der Waals surface area contributed by atoms with Crippen LogP contribution in [0.25, 0.3) is 0 Å². The van der Waals surface area contributed by atoms with Crippen LogP contribution in [0, 0.1) is 5.92 Å². The van der Waals surface area contributed by atoms with E-state index in [-0.39, 0.29) is 23.8 Å². The Hall–Kier alpha value is -2.82. The first-order chi connectivity index (χ1) is 12.1. The molecule has 0 saturated carbocycles. The van der Waals surface area contributed by atoms with E-state index in [1.54, 1.807) is 12.1 Å². The van der Waals surface area contributed by atoms with Crippen molar-refractivity contribution in [2.75, 3.05) is 6.54 Å². The van der Waals surface area contributed by atoms with Crippen molar-refractivity contribution >= 4 is 11.8 Å². The van der Waals surface area contributed by atoms with Crippen LogP contribution >= 0.6 is 0 Å². The van der Waals surface area contributed by atoms with Crippen LogP contribution in [0.3, 0.4) is 0 Å². The molecule has 2 aromatic carbocycles. The van der Waals surface area contributed by atoms with Gasteiger partial charge >= 0.3 is 0 Å². The molecule has 2 atom stereocenters. The smallest absolute Gasteiger partial charge is 0.255 e. The summed E-state index contributed by atoms with van der Waals surface area (Å²) in [6.07, 6.45) is 1.32. The predicted octanol–water partition coefficient (Wildman–Crippen LogP) is 3.12. The summed E-state index contributed by atoms with van der Waals surface area (Å²) in [6.45, 7) is 2.46. The molecule has 25 heavy (non-hydrogen) atoms. The molecule has 1 saturated heterocycles. The average molecular weight is 338 g/mol. The minimum absolute atomic E-state index is 0.0470. The van der Waals surface area contributed by atoms with Gasteiger partial charge in [-0.15, -0.1) is 0 Å². The minimum atomic E-state index is -0.190. The lowest BCUT2D eigenvalue weighted by Crippen LogP contribution is -2.44. The fourth-order valence-electron chi connectivity index (χ4n) is 3.08. The summed E-state index contributed by atoms with van der Waals surface area (Å²) in [5.41, 5.74) is 0.486. The Morgan fingerprint density at radius 1 is 1.16 bits per heavy atom. The zero-order chi connectivity index (χ0) is 17.6. The van der Waals surface area contributed by atoms with Crippen LogP contribution in [0.2, 0.25) is 0 Å². The SMILES string of the molecule is CC1CC(CNC(=O)c2ccccc2Oc2ccccc2)CC(=O)N1. The second kappa shape index (κ2) is 7.83. The second-order valence-corrected chi connectivity index (χ2v) is 6.40. The van der Waals surface area contributed by atoms with Crippen molar-refractivity contribution in [2.45, 2.75) is 25.8 Å². The van der Waals surface area contributed by atoms with Crippen molar-refractivity contribution < 1.29 is 14.3 Å². The molecule has 5 heteroatoms. The molecule has 5 nitrogen and oxygen atoms in total. The zero-order valence-corrected chi connectivity index (χ0v) is 14.2. The molecular formula is C20H22N2O3. The van der Waals surface area contributed by atoms with Gasteiger partial charge in [0.25, 0.3) is 5.91 Å². The Morgan fingerprint density at radius 3 is 2.64 bits per heavy atom. The van der Waals surface area contributed by atoms with E-state index in [2.05, 4.69) is 10.6 Å². The van der Waals surface area contributed by atoms with Crippen molar-refractivity contribution in [2.24, 2.45) is 5.92 Å². The van der Waals surface area contributed by atoms with Gasteiger partial charge in [-0.25, -0.2) is 0 Å². The van der Waals surface area contributed by atoms with Crippen LogP contribution in [0.5, 0.6) is 11.5 Å². The molecule has 130 valence electrons. The molecule has 0 aliphatic carbocycles. The van der Waals surface area contributed by atoms with Gasteiger partial charge in [0.2, 0.25) is 5.91 Å². The van der Waals surface area contributed by atoms with E-state index < -0.39 is 0 Å². The molecule has 3 rings (SSSR count). The van der Waals surface area contributed by atoms with E-state index in [0.717, 1.165) is 6.42 Å². The summed E-state index contributed by atoms with van der Waals surface area (Å²) in [7, 11) is 0. The lowest BCUT2D eigenvalue weighted by Gasteiger charge is -2.27. The van der Waals surface area contributed by atoms with Crippen LogP contribution in [-0.4, -0.2) is 24.4 Å².